The Balaban J connectivity index is 1.84. The fraction of sp³-hybridized carbons (Fsp3) is 0.241. The molecular formula is C29H22F6S4. The Labute approximate surface area is 241 Å². The van der Waals surface area contributed by atoms with Gasteiger partial charge < -0.3 is 0 Å². The van der Waals surface area contributed by atoms with E-state index in [2.05, 4.69) is 25.3 Å². The first-order valence-corrected chi connectivity index (χ1v) is 14.3. The summed E-state index contributed by atoms with van der Waals surface area (Å²) in [6.07, 6.45) is 0. The maximum atomic E-state index is 15.7. The Morgan fingerprint density at radius 2 is 0.846 bits per heavy atom. The fourth-order valence-electron chi connectivity index (χ4n) is 5.21. The summed E-state index contributed by atoms with van der Waals surface area (Å²) < 4.78 is 92.9. The van der Waals surface area contributed by atoms with Gasteiger partial charge in [0.15, 0.2) is 0 Å². The maximum Gasteiger partial charge on any atom is 0.380 e. The first-order valence-electron chi connectivity index (χ1n) is 11.8. The first-order chi connectivity index (χ1) is 18.1. The van der Waals surface area contributed by atoms with Gasteiger partial charge in [-0.05, 0) is 74.2 Å². The second kappa shape index (κ2) is 9.46. The number of rotatable bonds is 4. The van der Waals surface area contributed by atoms with E-state index in [-0.39, 0.29) is 32.0 Å². The zero-order valence-electron chi connectivity index (χ0n) is 21.1. The van der Waals surface area contributed by atoms with E-state index in [1.807, 2.05) is 0 Å². The molecule has 10 heteroatoms. The van der Waals surface area contributed by atoms with E-state index < -0.39 is 28.9 Å². The SMILES string of the molecule is Cc1sc(-c2ccc(S)cc2)c(C)c1C1=C(c2c(C)sc(-c3ccc(S)cc3)c2C)C(F)(F)C(F)(F)C1(F)F. The highest BCUT2D eigenvalue weighted by molar-refractivity contribution is 7.80. The summed E-state index contributed by atoms with van der Waals surface area (Å²) in [6, 6.07) is 13.8. The third kappa shape index (κ3) is 4.12. The minimum Gasteiger partial charge on any atom is -0.194 e. The number of halogens is 6. The first kappa shape index (κ1) is 28.4. The van der Waals surface area contributed by atoms with Gasteiger partial charge in [0.2, 0.25) is 0 Å². The van der Waals surface area contributed by atoms with Crippen LogP contribution in [0.4, 0.5) is 26.3 Å². The Morgan fingerprint density at radius 1 is 0.538 bits per heavy atom. The Hall–Kier alpha value is -2.14. The van der Waals surface area contributed by atoms with Crippen LogP contribution in [0.2, 0.25) is 0 Å². The van der Waals surface area contributed by atoms with Crippen LogP contribution in [-0.2, 0) is 0 Å². The van der Waals surface area contributed by atoms with Crippen LogP contribution in [0.25, 0.3) is 32.0 Å². The van der Waals surface area contributed by atoms with Crippen LogP contribution in [-0.4, -0.2) is 17.8 Å². The summed E-state index contributed by atoms with van der Waals surface area (Å²) in [6.45, 7) is 6.01. The molecule has 0 amide bonds. The molecule has 0 unspecified atom stereocenters. The molecule has 1 aliphatic rings. The van der Waals surface area contributed by atoms with Crippen LogP contribution in [0.3, 0.4) is 0 Å². The van der Waals surface area contributed by atoms with Crippen molar-refractivity contribution >= 4 is 59.1 Å². The van der Waals surface area contributed by atoms with Gasteiger partial charge in [-0.15, -0.1) is 47.9 Å². The van der Waals surface area contributed by atoms with Gasteiger partial charge in [0.25, 0.3) is 0 Å². The van der Waals surface area contributed by atoms with Crippen LogP contribution in [0.5, 0.6) is 0 Å². The standard InChI is InChI=1S/C29H22F6S4/c1-13-21(15(3)38-25(13)17-5-9-19(36)10-6-17)23-24(28(32,33)29(34,35)27(23,30)31)22-14(2)26(39-16(22)4)18-7-11-20(37)12-8-18/h5-12,36-37H,1-4H3. The molecular weight excluding hydrogens is 591 g/mol. The third-order valence-electron chi connectivity index (χ3n) is 7.07. The molecule has 39 heavy (non-hydrogen) atoms. The largest absolute Gasteiger partial charge is 0.380 e. The van der Waals surface area contributed by atoms with Crippen molar-refractivity contribution in [2.24, 2.45) is 0 Å². The molecule has 2 heterocycles. The molecule has 0 aliphatic heterocycles. The average molecular weight is 613 g/mol. The second-order valence-electron chi connectivity index (χ2n) is 9.54. The van der Waals surface area contributed by atoms with Gasteiger partial charge in [0, 0.05) is 51.6 Å². The molecule has 0 radical (unpaired) electrons. The van der Waals surface area contributed by atoms with E-state index in [1.165, 1.54) is 27.7 Å². The summed E-state index contributed by atoms with van der Waals surface area (Å²) in [7, 11) is 0. The minimum absolute atomic E-state index is 0.250. The zero-order valence-corrected chi connectivity index (χ0v) is 24.5. The average Bonchev–Trinajstić information content (AvgIpc) is 3.35. The summed E-state index contributed by atoms with van der Waals surface area (Å²) in [5, 5.41) is 0. The molecule has 2 aromatic heterocycles. The van der Waals surface area contributed by atoms with E-state index in [1.54, 1.807) is 48.5 Å². The monoisotopic (exact) mass is 612 g/mol. The normalized spacial score (nSPS) is 17.7. The quantitative estimate of drug-likeness (QED) is 0.166. The Kier molecular flexibility index (Phi) is 6.89. The van der Waals surface area contributed by atoms with Crippen molar-refractivity contribution in [3.8, 4) is 20.9 Å². The van der Waals surface area contributed by atoms with Crippen molar-refractivity contribution in [2.45, 2.75) is 55.3 Å². The molecule has 2 aromatic carbocycles. The van der Waals surface area contributed by atoms with Gasteiger partial charge in [0.05, 0.1) is 0 Å². The minimum atomic E-state index is -5.62. The molecule has 204 valence electrons. The van der Waals surface area contributed by atoms with Crippen LogP contribution in [0.1, 0.15) is 32.0 Å². The van der Waals surface area contributed by atoms with Gasteiger partial charge in [-0.1, -0.05) is 24.3 Å². The summed E-state index contributed by atoms with van der Waals surface area (Å²) in [5.41, 5.74) is -1.31. The van der Waals surface area contributed by atoms with Gasteiger partial charge in [-0.2, -0.15) is 26.3 Å². The number of alkyl halides is 6. The van der Waals surface area contributed by atoms with Gasteiger partial charge in [-0.25, -0.2) is 0 Å². The smallest absolute Gasteiger partial charge is 0.194 e. The molecule has 0 atom stereocenters. The van der Waals surface area contributed by atoms with Gasteiger partial charge in [-0.3, -0.25) is 0 Å². The van der Waals surface area contributed by atoms with E-state index >= 15 is 26.3 Å². The molecule has 1 aliphatic carbocycles. The van der Waals surface area contributed by atoms with Gasteiger partial charge in [0.1, 0.15) is 0 Å². The summed E-state index contributed by atoms with van der Waals surface area (Å²) in [4.78, 5) is 2.97. The lowest BCUT2D eigenvalue weighted by atomic mass is 9.90. The molecule has 0 bridgehead atoms. The van der Waals surface area contributed by atoms with E-state index in [9.17, 15) is 0 Å². The van der Waals surface area contributed by atoms with Crippen molar-refractivity contribution in [3.05, 3.63) is 80.5 Å². The third-order valence-corrected chi connectivity index (χ3v) is 10.2. The number of allylic oxidation sites excluding steroid dienone is 2. The van der Waals surface area contributed by atoms with Gasteiger partial charge >= 0.3 is 17.8 Å². The molecule has 4 aromatic rings. The molecule has 5 rings (SSSR count). The number of thiol groups is 2. The van der Waals surface area contributed by atoms with Crippen LogP contribution in [0.15, 0.2) is 58.3 Å². The topological polar surface area (TPSA) is 0 Å². The van der Waals surface area contributed by atoms with Crippen molar-refractivity contribution in [1.82, 2.24) is 0 Å². The van der Waals surface area contributed by atoms with E-state index in [0.717, 1.165) is 22.7 Å². The lowest BCUT2D eigenvalue weighted by Crippen LogP contribution is -2.49. The van der Waals surface area contributed by atoms with Crippen molar-refractivity contribution < 1.29 is 26.3 Å². The fourth-order valence-corrected chi connectivity index (χ4v) is 7.85. The predicted octanol–water partition coefficient (Wildman–Crippen LogP) is 10.8. The number of hydrogen-bond donors (Lipinski definition) is 2. The number of hydrogen-bond acceptors (Lipinski definition) is 4. The van der Waals surface area contributed by atoms with Crippen LogP contribution >= 0.6 is 47.9 Å². The van der Waals surface area contributed by atoms with Crippen molar-refractivity contribution in [2.75, 3.05) is 0 Å². The Bertz CT molecular complexity index is 1500. The van der Waals surface area contributed by atoms with E-state index in [0.29, 0.717) is 30.7 Å². The molecule has 0 fully saturated rings. The second-order valence-corrected chi connectivity index (χ2v) is 13.0. The molecule has 0 saturated heterocycles. The highest BCUT2D eigenvalue weighted by Crippen LogP contribution is 2.67. The lowest BCUT2D eigenvalue weighted by molar-refractivity contribution is -0.254. The van der Waals surface area contributed by atoms with Crippen LogP contribution < -0.4 is 0 Å². The van der Waals surface area contributed by atoms with Crippen LogP contribution in [0, 0.1) is 27.7 Å². The summed E-state index contributed by atoms with van der Waals surface area (Å²) in [5.74, 6) is -15.8. The molecule has 0 saturated carbocycles. The maximum absolute atomic E-state index is 15.7. The zero-order chi connectivity index (χ0) is 28.7. The molecule has 0 N–H and O–H groups in total. The van der Waals surface area contributed by atoms with E-state index in [4.69, 9.17) is 0 Å². The Morgan fingerprint density at radius 3 is 1.15 bits per heavy atom. The number of benzene rings is 2. The summed E-state index contributed by atoms with van der Waals surface area (Å²) >= 11 is 10.7. The van der Waals surface area contributed by atoms with Crippen molar-refractivity contribution in [1.29, 1.82) is 0 Å². The number of aryl methyl sites for hydroxylation is 2. The predicted molar refractivity (Wildman–Crippen MR) is 155 cm³/mol. The van der Waals surface area contributed by atoms with Crippen molar-refractivity contribution in [3.63, 3.8) is 0 Å². The molecule has 0 spiro atoms. The lowest BCUT2D eigenvalue weighted by Gasteiger charge is -2.26. The highest BCUT2D eigenvalue weighted by atomic mass is 32.1. The molecule has 0 nitrogen and oxygen atoms in total. The highest BCUT2D eigenvalue weighted by Gasteiger charge is 2.80. The number of thiophene rings is 2.